The fourth-order valence-electron chi connectivity index (χ4n) is 1.22. The molecule has 0 atom stereocenters. The predicted octanol–water partition coefficient (Wildman–Crippen LogP) is 3.37. The summed E-state index contributed by atoms with van der Waals surface area (Å²) in [6, 6.07) is 1.34. The monoisotopic (exact) mass is 238 g/mol. The fourth-order valence-corrected chi connectivity index (χ4v) is 1.41. The molecule has 0 aliphatic rings. The van der Waals surface area contributed by atoms with Crippen LogP contribution in [0.25, 0.3) is 11.0 Å². The zero-order chi connectivity index (χ0) is 11.2. The number of nitrogens with zero attached hydrogens (tertiary/aromatic N) is 1. The van der Waals surface area contributed by atoms with Crippen LogP contribution in [0.4, 0.5) is 17.6 Å². The number of benzene rings is 1. The van der Waals surface area contributed by atoms with E-state index in [1.165, 1.54) is 0 Å². The van der Waals surface area contributed by atoms with E-state index < -0.39 is 17.6 Å². The third-order valence-electron chi connectivity index (χ3n) is 1.85. The number of nitrogens with one attached hydrogen (secondary N) is 1. The molecule has 1 heterocycles. The maximum absolute atomic E-state index is 13.0. The average Bonchev–Trinajstić information content (AvgIpc) is 2.40. The van der Waals surface area contributed by atoms with Gasteiger partial charge in [-0.25, -0.2) is 9.37 Å². The highest BCUT2D eigenvalue weighted by molar-refractivity contribution is 6.29. The highest BCUT2D eigenvalue weighted by Crippen LogP contribution is 2.33. The number of rotatable bonds is 0. The second-order valence-electron chi connectivity index (χ2n) is 2.87. The molecule has 1 aromatic carbocycles. The van der Waals surface area contributed by atoms with Crippen molar-refractivity contribution in [2.24, 2.45) is 0 Å². The van der Waals surface area contributed by atoms with Gasteiger partial charge >= 0.3 is 6.18 Å². The number of aromatic nitrogens is 2. The van der Waals surface area contributed by atoms with Gasteiger partial charge in [0.15, 0.2) is 0 Å². The highest BCUT2D eigenvalue weighted by Gasteiger charge is 2.34. The Morgan fingerprint density at radius 2 is 1.93 bits per heavy atom. The molecule has 15 heavy (non-hydrogen) atoms. The van der Waals surface area contributed by atoms with Gasteiger partial charge in [0.1, 0.15) is 5.82 Å². The lowest BCUT2D eigenvalue weighted by atomic mass is 10.2. The molecule has 0 bridgehead atoms. The number of hydrogen-bond acceptors (Lipinski definition) is 1. The number of aromatic amines is 1. The van der Waals surface area contributed by atoms with Crippen molar-refractivity contribution in [2.45, 2.75) is 6.18 Å². The second-order valence-corrected chi connectivity index (χ2v) is 3.23. The molecular weight excluding hydrogens is 236 g/mol. The molecule has 1 N–H and O–H groups in total. The van der Waals surface area contributed by atoms with Crippen LogP contribution in [0.5, 0.6) is 0 Å². The van der Waals surface area contributed by atoms with Gasteiger partial charge in [-0.2, -0.15) is 13.2 Å². The molecule has 0 spiro atoms. The third kappa shape index (κ3) is 1.77. The summed E-state index contributed by atoms with van der Waals surface area (Å²) in [6.07, 6.45) is -4.73. The topological polar surface area (TPSA) is 28.7 Å². The van der Waals surface area contributed by atoms with Crippen LogP contribution in [-0.2, 0) is 6.18 Å². The molecule has 0 aliphatic heterocycles. The molecule has 0 saturated carbocycles. The maximum Gasteiger partial charge on any atom is 0.419 e. The molecular formula is C8H3ClF4N2. The summed E-state index contributed by atoms with van der Waals surface area (Å²) < 4.78 is 49.8. The van der Waals surface area contributed by atoms with Crippen LogP contribution in [0.1, 0.15) is 5.56 Å². The molecule has 0 aliphatic carbocycles. The number of alkyl halides is 3. The van der Waals surface area contributed by atoms with Gasteiger partial charge in [0, 0.05) is 6.07 Å². The summed E-state index contributed by atoms with van der Waals surface area (Å²) in [5.74, 6) is -1.36. The predicted molar refractivity (Wildman–Crippen MR) is 46.1 cm³/mol. The maximum atomic E-state index is 13.0. The van der Waals surface area contributed by atoms with Gasteiger partial charge in [-0.1, -0.05) is 0 Å². The van der Waals surface area contributed by atoms with Crippen molar-refractivity contribution >= 4 is 22.6 Å². The van der Waals surface area contributed by atoms with E-state index in [9.17, 15) is 17.6 Å². The van der Waals surface area contributed by atoms with E-state index in [1.54, 1.807) is 0 Å². The fraction of sp³-hybridized carbons (Fsp3) is 0.125. The standard InChI is InChI=1S/C8H3ClF4N2/c9-7-14-5-1-3(8(11,12)13)4(10)2-6(5)15-7/h1-2H,(H,14,15). The Morgan fingerprint density at radius 3 is 2.53 bits per heavy atom. The van der Waals surface area contributed by atoms with E-state index in [4.69, 9.17) is 11.6 Å². The Morgan fingerprint density at radius 1 is 1.27 bits per heavy atom. The van der Waals surface area contributed by atoms with Crippen LogP contribution in [0.2, 0.25) is 5.28 Å². The van der Waals surface area contributed by atoms with Crippen LogP contribution >= 0.6 is 11.6 Å². The van der Waals surface area contributed by atoms with Gasteiger partial charge in [0.05, 0.1) is 16.6 Å². The number of halogens is 5. The van der Waals surface area contributed by atoms with Crippen LogP contribution in [-0.4, -0.2) is 9.97 Å². The first-order valence-corrected chi connectivity index (χ1v) is 4.17. The minimum absolute atomic E-state index is 0.0497. The van der Waals surface area contributed by atoms with Crippen molar-refractivity contribution in [1.29, 1.82) is 0 Å². The number of hydrogen-bond donors (Lipinski definition) is 1. The highest BCUT2D eigenvalue weighted by atomic mass is 35.5. The first-order chi connectivity index (χ1) is 6.88. The van der Waals surface area contributed by atoms with Crippen LogP contribution in [0.15, 0.2) is 12.1 Å². The Bertz CT molecular complexity index is 517. The van der Waals surface area contributed by atoms with Crippen molar-refractivity contribution in [3.63, 3.8) is 0 Å². The Balaban J connectivity index is 2.72. The Kier molecular flexibility index (Phi) is 2.11. The average molecular weight is 239 g/mol. The zero-order valence-corrected chi connectivity index (χ0v) is 7.75. The first-order valence-electron chi connectivity index (χ1n) is 3.80. The summed E-state index contributed by atoms with van der Waals surface area (Å²) in [5, 5.41) is -0.0799. The molecule has 7 heteroatoms. The van der Waals surface area contributed by atoms with Crippen molar-refractivity contribution in [1.82, 2.24) is 9.97 Å². The second kappa shape index (κ2) is 3.10. The van der Waals surface area contributed by atoms with Crippen molar-refractivity contribution < 1.29 is 17.6 Å². The summed E-state index contributed by atoms with van der Waals surface area (Å²) in [6.45, 7) is 0. The summed E-state index contributed by atoms with van der Waals surface area (Å²) in [7, 11) is 0. The van der Waals surface area contributed by atoms with E-state index in [1.807, 2.05) is 0 Å². The van der Waals surface area contributed by atoms with Crippen molar-refractivity contribution in [3.05, 3.63) is 28.8 Å². The Labute approximate surface area is 85.9 Å². The van der Waals surface area contributed by atoms with Crippen molar-refractivity contribution in [2.75, 3.05) is 0 Å². The summed E-state index contributed by atoms with van der Waals surface area (Å²) >= 11 is 5.43. The molecule has 0 saturated heterocycles. The molecule has 0 unspecified atom stereocenters. The first kappa shape index (κ1) is 10.2. The molecule has 2 nitrogen and oxygen atoms in total. The normalized spacial score (nSPS) is 12.3. The third-order valence-corrected chi connectivity index (χ3v) is 2.03. The summed E-state index contributed by atoms with van der Waals surface area (Å²) in [5.41, 5.74) is -1.23. The quantitative estimate of drug-likeness (QED) is 0.701. The van der Waals surface area contributed by atoms with E-state index in [2.05, 4.69) is 9.97 Å². The lowest BCUT2D eigenvalue weighted by Crippen LogP contribution is -2.07. The van der Waals surface area contributed by atoms with Gasteiger partial charge < -0.3 is 4.98 Å². The number of fused-ring (bicyclic) bond motifs is 1. The minimum Gasteiger partial charge on any atom is -0.329 e. The number of imidazole rings is 1. The Hall–Kier alpha value is -1.30. The lowest BCUT2D eigenvalue weighted by molar-refractivity contribution is -0.139. The van der Waals surface area contributed by atoms with Crippen LogP contribution < -0.4 is 0 Å². The van der Waals surface area contributed by atoms with Crippen LogP contribution in [0, 0.1) is 5.82 Å². The molecule has 80 valence electrons. The number of H-pyrrole nitrogens is 1. The SMILES string of the molecule is Fc1cc2nc(Cl)[nH]c2cc1C(F)(F)F. The molecule has 0 amide bonds. The van der Waals surface area contributed by atoms with E-state index >= 15 is 0 Å². The van der Waals surface area contributed by atoms with E-state index in [0.717, 1.165) is 0 Å². The van der Waals surface area contributed by atoms with Crippen LogP contribution in [0.3, 0.4) is 0 Å². The van der Waals surface area contributed by atoms with E-state index in [0.29, 0.717) is 12.1 Å². The van der Waals surface area contributed by atoms with Gasteiger partial charge in [0.25, 0.3) is 0 Å². The van der Waals surface area contributed by atoms with Crippen molar-refractivity contribution in [3.8, 4) is 0 Å². The van der Waals surface area contributed by atoms with Gasteiger partial charge in [-0.3, -0.25) is 0 Å². The smallest absolute Gasteiger partial charge is 0.329 e. The molecule has 0 radical (unpaired) electrons. The molecule has 2 rings (SSSR count). The lowest BCUT2D eigenvalue weighted by Gasteiger charge is -2.06. The summed E-state index contributed by atoms with van der Waals surface area (Å²) in [4.78, 5) is 5.99. The molecule has 2 aromatic rings. The van der Waals surface area contributed by atoms with Gasteiger partial charge in [0.2, 0.25) is 5.28 Å². The minimum atomic E-state index is -4.73. The van der Waals surface area contributed by atoms with Gasteiger partial charge in [-0.05, 0) is 17.7 Å². The molecule has 1 aromatic heterocycles. The largest absolute Gasteiger partial charge is 0.419 e. The van der Waals surface area contributed by atoms with Gasteiger partial charge in [-0.15, -0.1) is 0 Å². The zero-order valence-electron chi connectivity index (χ0n) is 6.99. The molecule has 0 fully saturated rings. The van der Waals surface area contributed by atoms with E-state index in [-0.39, 0.29) is 16.3 Å².